The maximum absolute atomic E-state index is 10.6. The van der Waals surface area contributed by atoms with Gasteiger partial charge in [0.05, 0.1) is 5.60 Å². The smallest absolute Gasteiger partial charge is 0.0774 e. The van der Waals surface area contributed by atoms with E-state index in [0.29, 0.717) is 6.04 Å². The van der Waals surface area contributed by atoms with Crippen LogP contribution < -0.4 is 5.32 Å². The molecule has 1 aliphatic carbocycles. The van der Waals surface area contributed by atoms with Crippen LogP contribution >= 0.6 is 0 Å². The SMILES string of the molecule is OC1(CN2C[C@@H]3CCCN[C@@H]3C2)CCCCC1. The number of piperidine rings is 1. The molecule has 2 atom stereocenters. The summed E-state index contributed by atoms with van der Waals surface area (Å²) in [5, 5.41) is 14.2. The molecular formula is C14H26N2O. The number of nitrogens with zero attached hydrogens (tertiary/aromatic N) is 1. The summed E-state index contributed by atoms with van der Waals surface area (Å²) in [5.74, 6) is 0.843. The second-order valence-corrected chi connectivity index (χ2v) is 6.44. The van der Waals surface area contributed by atoms with Crippen molar-refractivity contribution >= 4 is 0 Å². The molecule has 2 heterocycles. The maximum Gasteiger partial charge on any atom is 0.0774 e. The van der Waals surface area contributed by atoms with Gasteiger partial charge in [0.2, 0.25) is 0 Å². The van der Waals surface area contributed by atoms with Gasteiger partial charge in [-0.15, -0.1) is 0 Å². The molecule has 0 aromatic heterocycles. The Morgan fingerprint density at radius 3 is 2.71 bits per heavy atom. The third-order valence-electron chi connectivity index (χ3n) is 4.98. The number of fused-ring (bicyclic) bond motifs is 1. The molecule has 2 N–H and O–H groups in total. The fraction of sp³-hybridized carbons (Fsp3) is 1.00. The summed E-state index contributed by atoms with van der Waals surface area (Å²) < 4.78 is 0. The highest BCUT2D eigenvalue weighted by atomic mass is 16.3. The molecule has 17 heavy (non-hydrogen) atoms. The van der Waals surface area contributed by atoms with E-state index in [0.717, 1.165) is 31.8 Å². The molecule has 2 aliphatic heterocycles. The fourth-order valence-electron chi connectivity index (χ4n) is 4.05. The molecule has 1 saturated carbocycles. The highest BCUT2D eigenvalue weighted by molar-refractivity contribution is 4.95. The molecule has 0 radical (unpaired) electrons. The minimum absolute atomic E-state index is 0.369. The number of nitrogens with one attached hydrogen (secondary N) is 1. The van der Waals surface area contributed by atoms with Crippen molar-refractivity contribution in [3.63, 3.8) is 0 Å². The monoisotopic (exact) mass is 238 g/mol. The zero-order valence-electron chi connectivity index (χ0n) is 10.8. The standard InChI is InChI=1S/C14H26N2O/c17-14(6-2-1-3-7-14)11-16-9-12-5-4-8-15-13(12)10-16/h12-13,15,17H,1-11H2/t12-,13+/m0/s1. The van der Waals surface area contributed by atoms with Crippen LogP contribution in [0.5, 0.6) is 0 Å². The Kier molecular flexibility index (Phi) is 3.42. The van der Waals surface area contributed by atoms with E-state index < -0.39 is 0 Å². The van der Waals surface area contributed by atoms with Crippen molar-refractivity contribution in [2.24, 2.45) is 5.92 Å². The lowest BCUT2D eigenvalue weighted by Gasteiger charge is -2.35. The second-order valence-electron chi connectivity index (χ2n) is 6.44. The summed E-state index contributed by atoms with van der Waals surface area (Å²) in [6.07, 6.45) is 8.50. The Balaban J connectivity index is 1.55. The lowest BCUT2D eigenvalue weighted by atomic mass is 9.84. The Bertz CT molecular complexity index is 249. The predicted octanol–water partition coefficient (Wildman–Crippen LogP) is 1.37. The summed E-state index contributed by atoms with van der Waals surface area (Å²) in [6, 6.07) is 0.705. The van der Waals surface area contributed by atoms with E-state index in [1.54, 1.807) is 0 Å². The first-order chi connectivity index (χ1) is 8.25. The van der Waals surface area contributed by atoms with Crippen LogP contribution in [-0.4, -0.2) is 47.8 Å². The zero-order chi connectivity index (χ0) is 11.7. The van der Waals surface area contributed by atoms with Gasteiger partial charge in [0.15, 0.2) is 0 Å². The van der Waals surface area contributed by atoms with Crippen molar-refractivity contribution in [1.29, 1.82) is 0 Å². The van der Waals surface area contributed by atoms with Crippen LogP contribution in [-0.2, 0) is 0 Å². The van der Waals surface area contributed by atoms with Crippen LogP contribution in [0.1, 0.15) is 44.9 Å². The van der Waals surface area contributed by atoms with Crippen LogP contribution in [0.3, 0.4) is 0 Å². The van der Waals surface area contributed by atoms with E-state index in [-0.39, 0.29) is 5.60 Å². The number of likely N-dealkylation sites (tertiary alicyclic amines) is 1. The number of aliphatic hydroxyl groups is 1. The average molecular weight is 238 g/mol. The van der Waals surface area contributed by atoms with Gasteiger partial charge in [0.1, 0.15) is 0 Å². The molecule has 0 amide bonds. The fourth-order valence-corrected chi connectivity index (χ4v) is 4.05. The van der Waals surface area contributed by atoms with E-state index in [1.165, 1.54) is 45.2 Å². The molecule has 3 nitrogen and oxygen atoms in total. The first kappa shape index (κ1) is 11.9. The quantitative estimate of drug-likeness (QED) is 0.762. The molecule has 3 aliphatic rings. The lowest BCUT2D eigenvalue weighted by Crippen LogP contribution is -2.44. The van der Waals surface area contributed by atoms with Crippen molar-refractivity contribution in [1.82, 2.24) is 10.2 Å². The third kappa shape index (κ3) is 2.67. The normalized spacial score (nSPS) is 37.9. The predicted molar refractivity (Wildman–Crippen MR) is 69.0 cm³/mol. The van der Waals surface area contributed by atoms with Gasteiger partial charge in [-0.3, -0.25) is 4.90 Å². The summed E-state index contributed by atoms with van der Waals surface area (Å²) >= 11 is 0. The van der Waals surface area contributed by atoms with E-state index in [2.05, 4.69) is 10.2 Å². The van der Waals surface area contributed by atoms with Crippen LogP contribution in [0.15, 0.2) is 0 Å². The molecule has 0 unspecified atom stereocenters. The Morgan fingerprint density at radius 1 is 1.12 bits per heavy atom. The number of hydrogen-bond acceptors (Lipinski definition) is 3. The van der Waals surface area contributed by atoms with Crippen molar-refractivity contribution in [2.45, 2.75) is 56.6 Å². The maximum atomic E-state index is 10.6. The molecule has 98 valence electrons. The molecule has 0 spiro atoms. The number of hydrogen-bond donors (Lipinski definition) is 2. The van der Waals surface area contributed by atoms with E-state index in [4.69, 9.17) is 0 Å². The summed E-state index contributed by atoms with van der Waals surface area (Å²) in [6.45, 7) is 4.48. The largest absolute Gasteiger partial charge is 0.389 e. The van der Waals surface area contributed by atoms with Gasteiger partial charge in [-0.1, -0.05) is 19.3 Å². The molecule has 0 aromatic carbocycles. The van der Waals surface area contributed by atoms with Gasteiger partial charge >= 0.3 is 0 Å². The summed E-state index contributed by atoms with van der Waals surface area (Å²) in [4.78, 5) is 2.51. The van der Waals surface area contributed by atoms with Gasteiger partial charge in [-0.2, -0.15) is 0 Å². The third-order valence-corrected chi connectivity index (χ3v) is 4.98. The number of β-amino-alcohol motifs (C(OH)–C–C–N with tert-alkyl or cyclic N) is 1. The van der Waals surface area contributed by atoms with Crippen LogP contribution in [0.2, 0.25) is 0 Å². The second kappa shape index (κ2) is 4.87. The summed E-state index contributed by atoms with van der Waals surface area (Å²) in [7, 11) is 0. The molecule has 0 aromatic rings. The summed E-state index contributed by atoms with van der Waals surface area (Å²) in [5.41, 5.74) is -0.369. The molecule has 0 bridgehead atoms. The van der Waals surface area contributed by atoms with Crippen LogP contribution in [0.4, 0.5) is 0 Å². The van der Waals surface area contributed by atoms with E-state index in [1.807, 2.05) is 0 Å². The zero-order valence-corrected chi connectivity index (χ0v) is 10.8. The van der Waals surface area contributed by atoms with E-state index in [9.17, 15) is 5.11 Å². The molecule has 2 saturated heterocycles. The van der Waals surface area contributed by atoms with Crippen molar-refractivity contribution < 1.29 is 5.11 Å². The van der Waals surface area contributed by atoms with Gasteiger partial charge in [0.25, 0.3) is 0 Å². The van der Waals surface area contributed by atoms with Gasteiger partial charge in [-0.25, -0.2) is 0 Å². The Morgan fingerprint density at radius 2 is 1.94 bits per heavy atom. The lowest BCUT2D eigenvalue weighted by molar-refractivity contribution is -0.0222. The molecule has 3 rings (SSSR count). The first-order valence-electron chi connectivity index (χ1n) is 7.43. The van der Waals surface area contributed by atoms with E-state index >= 15 is 0 Å². The molecular weight excluding hydrogens is 212 g/mol. The topological polar surface area (TPSA) is 35.5 Å². The minimum atomic E-state index is -0.369. The van der Waals surface area contributed by atoms with Crippen molar-refractivity contribution in [3.8, 4) is 0 Å². The van der Waals surface area contributed by atoms with Gasteiger partial charge in [-0.05, 0) is 38.1 Å². The van der Waals surface area contributed by atoms with Crippen LogP contribution in [0, 0.1) is 5.92 Å². The van der Waals surface area contributed by atoms with Gasteiger partial charge in [0, 0.05) is 25.7 Å². The average Bonchev–Trinajstić information content (AvgIpc) is 2.71. The van der Waals surface area contributed by atoms with Gasteiger partial charge < -0.3 is 10.4 Å². The Labute approximate surface area is 105 Å². The first-order valence-corrected chi connectivity index (χ1v) is 7.43. The minimum Gasteiger partial charge on any atom is -0.389 e. The van der Waals surface area contributed by atoms with Crippen LogP contribution in [0.25, 0.3) is 0 Å². The van der Waals surface area contributed by atoms with Crippen molar-refractivity contribution in [2.75, 3.05) is 26.2 Å². The van der Waals surface area contributed by atoms with Crippen molar-refractivity contribution in [3.05, 3.63) is 0 Å². The molecule has 3 heteroatoms. The highest BCUT2D eigenvalue weighted by Gasteiger charge is 2.38. The number of rotatable bonds is 2. The Hall–Kier alpha value is -0.120. The molecule has 3 fully saturated rings. The highest BCUT2D eigenvalue weighted by Crippen LogP contribution is 2.32.